The van der Waals surface area contributed by atoms with Crippen LogP contribution in [0.15, 0.2) is 72.1 Å². The third-order valence-electron chi connectivity index (χ3n) is 3.29. The highest BCUT2D eigenvalue weighted by Gasteiger charge is 1.94. The van der Waals surface area contributed by atoms with Gasteiger partial charge < -0.3 is 0 Å². The van der Waals surface area contributed by atoms with Crippen molar-refractivity contribution in [3.8, 4) is 11.1 Å². The Morgan fingerprint density at radius 3 is 1.93 bits per heavy atom. The number of rotatable bonds is 2. The second-order valence-corrected chi connectivity index (χ2v) is 5.10. The van der Waals surface area contributed by atoms with Gasteiger partial charge in [0.25, 0.3) is 0 Å². The van der Waals surface area contributed by atoms with Gasteiger partial charge in [-0.25, -0.2) is 0 Å². The standard InChI is InChI=1S/C12H11N.C8H10N2.2C2H6/c1-10-4-6-11(7-5-10)12-3-2-8-13-9-12;1-3-9-8-5-4-6-10-7(8)2;2*1-2/h2-9H,1H3;3-6H,1-2H3;2*1-2H3. The van der Waals surface area contributed by atoms with Gasteiger partial charge in [0, 0.05) is 24.8 Å². The van der Waals surface area contributed by atoms with Crippen LogP contribution in [0.2, 0.25) is 0 Å². The minimum absolute atomic E-state index is 0.949. The van der Waals surface area contributed by atoms with Gasteiger partial charge in [0.2, 0.25) is 0 Å². The summed E-state index contributed by atoms with van der Waals surface area (Å²) in [5.74, 6) is 0. The molecule has 2 heterocycles. The van der Waals surface area contributed by atoms with Crippen molar-refractivity contribution in [2.45, 2.75) is 48.5 Å². The molecule has 144 valence electrons. The van der Waals surface area contributed by atoms with E-state index in [-0.39, 0.29) is 0 Å². The summed E-state index contributed by atoms with van der Waals surface area (Å²) < 4.78 is 0. The zero-order chi connectivity index (χ0) is 20.5. The summed E-state index contributed by atoms with van der Waals surface area (Å²) in [5, 5.41) is 0. The summed E-state index contributed by atoms with van der Waals surface area (Å²) in [5.41, 5.74) is 5.60. The van der Waals surface area contributed by atoms with Gasteiger partial charge >= 0.3 is 0 Å². The fourth-order valence-corrected chi connectivity index (χ4v) is 2.03. The number of benzene rings is 1. The molecule has 3 nitrogen and oxygen atoms in total. The molecular weight excluding hydrogens is 330 g/mol. The first-order valence-corrected chi connectivity index (χ1v) is 9.58. The summed E-state index contributed by atoms with van der Waals surface area (Å²) in [6, 6.07) is 16.3. The number of hydrogen-bond donors (Lipinski definition) is 0. The van der Waals surface area contributed by atoms with Gasteiger partial charge in [-0.15, -0.1) is 0 Å². The fourth-order valence-electron chi connectivity index (χ4n) is 2.03. The normalized spacial score (nSPS) is 9.15. The van der Waals surface area contributed by atoms with E-state index in [0.29, 0.717) is 0 Å². The molecule has 0 unspecified atom stereocenters. The number of aromatic nitrogens is 2. The molecule has 0 saturated heterocycles. The molecule has 0 aliphatic rings. The first-order chi connectivity index (χ1) is 13.2. The van der Waals surface area contributed by atoms with Gasteiger partial charge in [-0.05, 0) is 50.1 Å². The maximum absolute atomic E-state index is 4.12. The van der Waals surface area contributed by atoms with E-state index in [4.69, 9.17) is 0 Å². The zero-order valence-electron chi connectivity index (χ0n) is 17.8. The lowest BCUT2D eigenvalue weighted by Crippen LogP contribution is -1.78. The van der Waals surface area contributed by atoms with Crippen molar-refractivity contribution in [1.29, 1.82) is 0 Å². The Balaban J connectivity index is 0.000000434. The summed E-state index contributed by atoms with van der Waals surface area (Å²) >= 11 is 0. The average molecular weight is 364 g/mol. The van der Waals surface area contributed by atoms with Crippen molar-refractivity contribution >= 4 is 11.9 Å². The Morgan fingerprint density at radius 2 is 1.41 bits per heavy atom. The van der Waals surface area contributed by atoms with Crippen LogP contribution in [0.5, 0.6) is 0 Å². The fraction of sp³-hybridized carbons (Fsp3) is 0.292. The first-order valence-electron chi connectivity index (χ1n) is 9.58. The molecule has 0 radical (unpaired) electrons. The van der Waals surface area contributed by atoms with Crippen molar-refractivity contribution < 1.29 is 0 Å². The van der Waals surface area contributed by atoms with Crippen molar-refractivity contribution in [2.24, 2.45) is 4.99 Å². The van der Waals surface area contributed by atoms with Crippen molar-refractivity contribution in [2.75, 3.05) is 0 Å². The lowest BCUT2D eigenvalue weighted by Gasteiger charge is -2.00. The van der Waals surface area contributed by atoms with Gasteiger partial charge in [-0.1, -0.05) is 63.6 Å². The molecular formula is C24H33N3. The highest BCUT2D eigenvalue weighted by molar-refractivity contribution is 5.62. The van der Waals surface area contributed by atoms with E-state index in [1.165, 1.54) is 16.7 Å². The molecule has 0 bridgehead atoms. The smallest absolute Gasteiger partial charge is 0.0837 e. The van der Waals surface area contributed by atoms with Crippen LogP contribution in [-0.4, -0.2) is 16.2 Å². The molecule has 3 aromatic rings. The van der Waals surface area contributed by atoms with Gasteiger partial charge in [-0.3, -0.25) is 15.0 Å². The summed E-state index contributed by atoms with van der Waals surface area (Å²) in [6.45, 7) is 13.9. The quantitative estimate of drug-likeness (QED) is 0.451. The Kier molecular flexibility index (Phi) is 13.8. The summed E-state index contributed by atoms with van der Waals surface area (Å²) in [7, 11) is 0. The van der Waals surface area contributed by atoms with E-state index in [1.54, 1.807) is 18.6 Å². The van der Waals surface area contributed by atoms with Crippen molar-refractivity contribution in [3.63, 3.8) is 0 Å². The van der Waals surface area contributed by atoms with Crippen LogP contribution in [-0.2, 0) is 0 Å². The minimum atomic E-state index is 0.949. The lowest BCUT2D eigenvalue weighted by atomic mass is 10.1. The average Bonchev–Trinajstić information content (AvgIpc) is 2.75. The number of pyridine rings is 2. The summed E-state index contributed by atoms with van der Waals surface area (Å²) in [4.78, 5) is 12.3. The third-order valence-corrected chi connectivity index (χ3v) is 3.29. The molecule has 0 amide bonds. The molecule has 0 fully saturated rings. The minimum Gasteiger partial charge on any atom is -0.264 e. The zero-order valence-corrected chi connectivity index (χ0v) is 17.8. The first kappa shape index (κ1) is 24.2. The topological polar surface area (TPSA) is 38.1 Å². The Bertz CT molecular complexity index is 748. The monoisotopic (exact) mass is 363 g/mol. The maximum Gasteiger partial charge on any atom is 0.0837 e. The van der Waals surface area contributed by atoms with Crippen LogP contribution >= 0.6 is 0 Å². The molecule has 0 spiro atoms. The third kappa shape index (κ3) is 9.45. The van der Waals surface area contributed by atoms with Gasteiger partial charge in [0.1, 0.15) is 0 Å². The molecule has 0 N–H and O–H groups in total. The van der Waals surface area contributed by atoms with Gasteiger partial charge in [0.15, 0.2) is 0 Å². The Hall–Kier alpha value is -2.81. The highest BCUT2D eigenvalue weighted by atomic mass is 14.8. The largest absolute Gasteiger partial charge is 0.264 e. The van der Waals surface area contributed by atoms with Crippen LogP contribution in [0, 0.1) is 13.8 Å². The number of aliphatic imine (C=N–C) groups is 1. The number of aryl methyl sites for hydroxylation is 2. The SMILES string of the molecule is CC.CC.CC=Nc1cccnc1C.Cc1ccc(-c2cccnc2)cc1. The molecule has 1 aromatic carbocycles. The molecule has 3 heteroatoms. The van der Waals surface area contributed by atoms with Crippen LogP contribution in [0.1, 0.15) is 45.9 Å². The van der Waals surface area contributed by atoms with Crippen LogP contribution < -0.4 is 0 Å². The highest BCUT2D eigenvalue weighted by Crippen LogP contribution is 2.17. The molecule has 0 saturated carbocycles. The molecule has 27 heavy (non-hydrogen) atoms. The number of hydrogen-bond acceptors (Lipinski definition) is 3. The van der Waals surface area contributed by atoms with Gasteiger partial charge in [-0.2, -0.15) is 0 Å². The van der Waals surface area contributed by atoms with E-state index >= 15 is 0 Å². The predicted molar refractivity (Wildman–Crippen MR) is 120 cm³/mol. The van der Waals surface area contributed by atoms with Crippen LogP contribution in [0.25, 0.3) is 11.1 Å². The molecule has 2 aromatic heterocycles. The maximum atomic E-state index is 4.12. The summed E-state index contributed by atoms with van der Waals surface area (Å²) in [6.07, 6.45) is 7.20. The Morgan fingerprint density at radius 1 is 0.778 bits per heavy atom. The van der Waals surface area contributed by atoms with E-state index in [0.717, 1.165) is 11.4 Å². The Labute approximate surface area is 165 Å². The predicted octanol–water partition coefficient (Wildman–Crippen LogP) is 7.22. The van der Waals surface area contributed by atoms with Crippen LogP contribution in [0.4, 0.5) is 5.69 Å². The van der Waals surface area contributed by atoms with Crippen molar-refractivity contribution in [1.82, 2.24) is 9.97 Å². The van der Waals surface area contributed by atoms with E-state index in [9.17, 15) is 0 Å². The van der Waals surface area contributed by atoms with E-state index < -0.39 is 0 Å². The van der Waals surface area contributed by atoms with E-state index in [2.05, 4.69) is 52.2 Å². The lowest BCUT2D eigenvalue weighted by molar-refractivity contribution is 1.19. The second kappa shape index (κ2) is 15.4. The number of nitrogens with zero attached hydrogens (tertiary/aromatic N) is 3. The molecule has 0 atom stereocenters. The molecule has 0 aliphatic carbocycles. The van der Waals surface area contributed by atoms with Crippen LogP contribution in [0.3, 0.4) is 0 Å². The molecule has 3 rings (SSSR count). The van der Waals surface area contributed by atoms with Gasteiger partial charge in [0.05, 0.1) is 11.4 Å². The second-order valence-electron chi connectivity index (χ2n) is 5.10. The van der Waals surface area contributed by atoms with Crippen molar-refractivity contribution in [3.05, 3.63) is 78.4 Å². The molecule has 0 aliphatic heterocycles. The van der Waals surface area contributed by atoms with E-state index in [1.807, 2.05) is 65.9 Å².